The molecule has 0 unspecified atom stereocenters. The lowest BCUT2D eigenvalue weighted by atomic mass is 10.1. The number of likely N-dealkylation sites (tertiary alicyclic amines) is 1. The first-order valence-electron chi connectivity index (χ1n) is 15.1. The Hall–Kier alpha value is -4.95. The molecule has 48 heavy (non-hydrogen) atoms. The van der Waals surface area contributed by atoms with Gasteiger partial charge in [-0.1, -0.05) is 23.4 Å². The van der Waals surface area contributed by atoms with Crippen LogP contribution in [0.3, 0.4) is 0 Å². The standard InChI is InChI=1S/C33H37F4N5O6/c1-31(2,3)46-29(43)39-28(40-30(44)47-32(4,5)6)42-17-7-10-24(42)27-38-26(41-48-27)21-13-16-25(23(19-21)33(35,36)37)45-18-8-9-20-11-14-22(34)15-12-20/h8-9,11-16,19,24H,7,10,17-18H2,1-6H3,(H,39,40,43,44)/b9-8+/t24-/m0/s1. The lowest BCUT2D eigenvalue weighted by molar-refractivity contribution is -0.138. The number of halogens is 4. The second-order valence-corrected chi connectivity index (χ2v) is 12.8. The van der Waals surface area contributed by atoms with E-state index in [0.29, 0.717) is 24.9 Å². The first kappa shape index (κ1) is 35.9. The topological polar surface area (TPSA) is 128 Å². The van der Waals surface area contributed by atoms with Crippen molar-refractivity contribution in [1.29, 1.82) is 0 Å². The summed E-state index contributed by atoms with van der Waals surface area (Å²) in [5.74, 6) is -1.06. The van der Waals surface area contributed by atoms with Crippen LogP contribution >= 0.6 is 0 Å². The molecule has 3 aromatic rings. The average molecular weight is 676 g/mol. The summed E-state index contributed by atoms with van der Waals surface area (Å²) in [5, 5.41) is 6.41. The van der Waals surface area contributed by atoms with E-state index in [1.54, 1.807) is 52.5 Å². The summed E-state index contributed by atoms with van der Waals surface area (Å²) in [5.41, 5.74) is -2.07. The zero-order valence-electron chi connectivity index (χ0n) is 27.4. The highest BCUT2D eigenvalue weighted by molar-refractivity contribution is 5.99. The summed E-state index contributed by atoms with van der Waals surface area (Å²) in [6, 6.07) is 8.31. The molecular formula is C33H37F4N5O6. The molecule has 1 fully saturated rings. The molecule has 0 aliphatic carbocycles. The summed E-state index contributed by atoms with van der Waals surface area (Å²) in [6.45, 7) is 10.2. The van der Waals surface area contributed by atoms with Crippen LogP contribution in [-0.2, 0) is 15.7 Å². The van der Waals surface area contributed by atoms with Gasteiger partial charge in [-0.2, -0.15) is 18.2 Å². The van der Waals surface area contributed by atoms with Crippen LogP contribution in [0.4, 0.5) is 27.2 Å². The maximum Gasteiger partial charge on any atom is 0.437 e. The highest BCUT2D eigenvalue weighted by Crippen LogP contribution is 2.39. The molecule has 2 aromatic carbocycles. The van der Waals surface area contributed by atoms with Crippen LogP contribution in [0.5, 0.6) is 5.75 Å². The van der Waals surface area contributed by atoms with Crippen molar-refractivity contribution in [2.75, 3.05) is 13.2 Å². The van der Waals surface area contributed by atoms with E-state index in [2.05, 4.69) is 20.4 Å². The summed E-state index contributed by atoms with van der Waals surface area (Å²) in [4.78, 5) is 35.2. The zero-order valence-corrected chi connectivity index (χ0v) is 27.4. The number of aromatic nitrogens is 2. The molecule has 0 radical (unpaired) electrons. The maximum atomic E-state index is 14.1. The third-order valence-electron chi connectivity index (χ3n) is 6.51. The summed E-state index contributed by atoms with van der Waals surface area (Å²) in [7, 11) is 0. The van der Waals surface area contributed by atoms with E-state index in [0.717, 1.165) is 12.1 Å². The Morgan fingerprint density at radius 2 is 1.73 bits per heavy atom. The highest BCUT2D eigenvalue weighted by Gasteiger charge is 2.37. The van der Waals surface area contributed by atoms with Crippen LogP contribution in [-0.4, -0.2) is 57.5 Å². The average Bonchev–Trinajstić information content (AvgIpc) is 3.64. The van der Waals surface area contributed by atoms with E-state index in [1.165, 1.54) is 36.4 Å². The van der Waals surface area contributed by atoms with Crippen molar-refractivity contribution in [2.24, 2.45) is 4.99 Å². The molecule has 1 aromatic heterocycles. The van der Waals surface area contributed by atoms with Gasteiger partial charge in [-0.3, -0.25) is 5.32 Å². The molecule has 1 aliphatic heterocycles. The quantitative estimate of drug-likeness (QED) is 0.157. The molecule has 258 valence electrons. The van der Waals surface area contributed by atoms with Crippen molar-refractivity contribution in [3.8, 4) is 17.1 Å². The number of alkyl halides is 3. The number of hydrogen-bond acceptors (Lipinski definition) is 8. The molecule has 4 rings (SSSR count). The molecular weight excluding hydrogens is 638 g/mol. The molecule has 0 spiro atoms. The number of alkyl carbamates (subject to hydrolysis) is 1. The van der Waals surface area contributed by atoms with Gasteiger partial charge in [0.05, 0.1) is 5.56 Å². The van der Waals surface area contributed by atoms with E-state index < -0.39 is 52.7 Å². The van der Waals surface area contributed by atoms with Gasteiger partial charge in [-0.05, 0) is 96.4 Å². The van der Waals surface area contributed by atoms with Crippen LogP contribution < -0.4 is 10.1 Å². The number of ether oxygens (including phenoxy) is 3. The van der Waals surface area contributed by atoms with Gasteiger partial charge in [0.25, 0.3) is 0 Å². The van der Waals surface area contributed by atoms with Crippen molar-refractivity contribution in [2.45, 2.75) is 77.8 Å². The summed E-state index contributed by atoms with van der Waals surface area (Å²) in [6.07, 6.45) is -2.46. The number of benzene rings is 2. The van der Waals surface area contributed by atoms with Crippen molar-refractivity contribution < 1.29 is 45.9 Å². The molecule has 1 aliphatic rings. The molecule has 2 amide bonds. The lowest BCUT2D eigenvalue weighted by Crippen LogP contribution is -2.46. The van der Waals surface area contributed by atoms with E-state index in [1.807, 2.05) is 0 Å². The molecule has 1 atom stereocenters. The third kappa shape index (κ3) is 10.3. The minimum Gasteiger partial charge on any atom is -0.489 e. The molecule has 0 saturated carbocycles. The number of aliphatic imine (C=N–C) groups is 1. The Labute approximate surface area is 274 Å². The number of nitrogens with one attached hydrogen (secondary N) is 1. The predicted octanol–water partition coefficient (Wildman–Crippen LogP) is 7.94. The van der Waals surface area contributed by atoms with Gasteiger partial charge in [0.1, 0.15) is 35.4 Å². The molecule has 0 bridgehead atoms. The Balaban J connectivity index is 1.56. The largest absolute Gasteiger partial charge is 0.489 e. The molecule has 11 nitrogen and oxygen atoms in total. The van der Waals surface area contributed by atoms with Gasteiger partial charge in [0.15, 0.2) is 0 Å². The highest BCUT2D eigenvalue weighted by atomic mass is 19.4. The van der Waals surface area contributed by atoms with E-state index in [-0.39, 0.29) is 29.8 Å². The number of carbonyl (C=O) groups is 2. The van der Waals surface area contributed by atoms with Crippen LogP contribution in [0.15, 0.2) is 58.1 Å². The summed E-state index contributed by atoms with van der Waals surface area (Å²) >= 11 is 0. The fourth-order valence-electron chi connectivity index (χ4n) is 4.61. The second kappa shape index (κ2) is 14.4. The number of guanidine groups is 1. The van der Waals surface area contributed by atoms with Crippen molar-refractivity contribution in [3.63, 3.8) is 0 Å². The fraction of sp³-hybridized carbons (Fsp3) is 0.424. The Bertz CT molecular complexity index is 1660. The number of rotatable bonds is 6. The monoisotopic (exact) mass is 675 g/mol. The number of hydrogen-bond donors (Lipinski definition) is 1. The second-order valence-electron chi connectivity index (χ2n) is 12.8. The van der Waals surface area contributed by atoms with Crippen molar-refractivity contribution >= 4 is 24.2 Å². The molecule has 2 heterocycles. The van der Waals surface area contributed by atoms with Gasteiger partial charge >= 0.3 is 18.4 Å². The molecule has 1 saturated heterocycles. The number of nitrogens with zero attached hydrogens (tertiary/aromatic N) is 4. The normalized spacial score (nSPS) is 15.9. The first-order valence-corrected chi connectivity index (χ1v) is 15.1. The number of carbonyl (C=O) groups excluding carboxylic acids is 2. The van der Waals surface area contributed by atoms with Gasteiger partial charge in [0, 0.05) is 12.1 Å². The first-order chi connectivity index (χ1) is 22.4. The van der Waals surface area contributed by atoms with Crippen LogP contribution in [0, 0.1) is 5.82 Å². The molecule has 15 heteroatoms. The van der Waals surface area contributed by atoms with Crippen LogP contribution in [0.2, 0.25) is 0 Å². The Morgan fingerprint density at radius 1 is 1.04 bits per heavy atom. The fourth-order valence-corrected chi connectivity index (χ4v) is 4.61. The number of amides is 2. The van der Waals surface area contributed by atoms with Gasteiger partial charge in [-0.25, -0.2) is 14.0 Å². The Morgan fingerprint density at radius 3 is 2.38 bits per heavy atom. The minimum absolute atomic E-state index is 0.0191. The van der Waals surface area contributed by atoms with Crippen molar-refractivity contribution in [1.82, 2.24) is 20.4 Å². The van der Waals surface area contributed by atoms with Crippen molar-refractivity contribution in [3.05, 3.63) is 71.4 Å². The van der Waals surface area contributed by atoms with E-state index in [4.69, 9.17) is 18.7 Å². The van der Waals surface area contributed by atoms with Crippen LogP contribution in [0.1, 0.15) is 77.4 Å². The zero-order chi connectivity index (χ0) is 35.3. The van der Waals surface area contributed by atoms with E-state index in [9.17, 15) is 27.2 Å². The molecule has 1 N–H and O–H groups in total. The maximum absolute atomic E-state index is 14.1. The van der Waals surface area contributed by atoms with Gasteiger partial charge < -0.3 is 23.6 Å². The van der Waals surface area contributed by atoms with Gasteiger partial charge in [0.2, 0.25) is 17.7 Å². The van der Waals surface area contributed by atoms with Crippen LogP contribution in [0.25, 0.3) is 17.5 Å². The predicted molar refractivity (Wildman–Crippen MR) is 167 cm³/mol. The summed E-state index contributed by atoms with van der Waals surface area (Å²) < 4.78 is 76.8. The lowest BCUT2D eigenvalue weighted by Gasteiger charge is -2.27. The SMILES string of the molecule is CC(C)(C)OC(=O)/N=C(\NC(=O)OC(C)(C)C)N1CCC[C@H]1c1nc(-c2ccc(OC/C=C/c3ccc(F)cc3)c(C(F)(F)F)c2)no1. The Kier molecular flexibility index (Phi) is 10.8. The van der Waals surface area contributed by atoms with E-state index >= 15 is 0 Å². The third-order valence-corrected chi connectivity index (χ3v) is 6.51. The van der Waals surface area contributed by atoms with Gasteiger partial charge in [-0.15, -0.1) is 4.99 Å². The smallest absolute Gasteiger partial charge is 0.437 e. The minimum atomic E-state index is -4.76.